The van der Waals surface area contributed by atoms with Gasteiger partial charge in [0, 0.05) is 31.7 Å². The van der Waals surface area contributed by atoms with Crippen LogP contribution in [0, 0.1) is 0 Å². The third-order valence-electron chi connectivity index (χ3n) is 2.68. The fourth-order valence-electron chi connectivity index (χ4n) is 1.65. The van der Waals surface area contributed by atoms with Crippen molar-refractivity contribution < 1.29 is 0 Å². The van der Waals surface area contributed by atoms with Gasteiger partial charge in [-0.3, -0.25) is 9.97 Å². The molecule has 17 heavy (non-hydrogen) atoms. The molecule has 1 aromatic heterocycles. The van der Waals surface area contributed by atoms with E-state index in [0.717, 1.165) is 25.2 Å². The molecule has 0 saturated carbocycles. The van der Waals surface area contributed by atoms with Gasteiger partial charge in [0.15, 0.2) is 0 Å². The maximum atomic E-state index is 4.21. The first kappa shape index (κ1) is 11.7. The maximum Gasteiger partial charge on any atom is 0.0724 e. The molecule has 0 atom stereocenters. The monoisotopic (exact) mass is 227 g/mol. The Balaban J connectivity index is 1.82. The molecule has 3 nitrogen and oxygen atoms in total. The van der Waals surface area contributed by atoms with Gasteiger partial charge in [0.1, 0.15) is 0 Å². The number of aromatic nitrogens is 2. The highest BCUT2D eigenvalue weighted by Crippen LogP contribution is 2.04. The van der Waals surface area contributed by atoms with E-state index in [2.05, 4.69) is 46.5 Å². The van der Waals surface area contributed by atoms with Crippen molar-refractivity contribution in [2.24, 2.45) is 0 Å². The average Bonchev–Trinajstić information content (AvgIpc) is 2.41. The summed E-state index contributed by atoms with van der Waals surface area (Å²) in [5, 5.41) is 3.35. The van der Waals surface area contributed by atoms with Gasteiger partial charge in [-0.2, -0.15) is 0 Å². The molecule has 0 bridgehead atoms. The second-order valence-electron chi connectivity index (χ2n) is 3.97. The molecule has 0 amide bonds. The predicted molar refractivity (Wildman–Crippen MR) is 68.4 cm³/mol. The van der Waals surface area contributed by atoms with E-state index >= 15 is 0 Å². The molecular weight excluding hydrogens is 210 g/mol. The zero-order valence-corrected chi connectivity index (χ0v) is 10.1. The second kappa shape index (κ2) is 6.11. The smallest absolute Gasteiger partial charge is 0.0724 e. The summed E-state index contributed by atoms with van der Waals surface area (Å²) in [5.41, 5.74) is 3.64. The lowest BCUT2D eigenvalue weighted by molar-refractivity contribution is 0.676. The predicted octanol–water partition coefficient (Wildman–Crippen LogP) is 2.33. The van der Waals surface area contributed by atoms with Crippen LogP contribution in [-0.2, 0) is 19.5 Å². The van der Waals surface area contributed by atoms with Crippen molar-refractivity contribution in [3.8, 4) is 0 Å². The standard InChI is InChI=1S/C14H17N3/c1-2-12-3-5-13(6-4-12)9-16-11-14-10-15-7-8-17-14/h3-8,10,16H,2,9,11H2,1H3. The SMILES string of the molecule is CCc1ccc(CNCc2cnccn2)cc1. The summed E-state index contributed by atoms with van der Waals surface area (Å²) in [6, 6.07) is 8.70. The normalized spacial score (nSPS) is 10.4. The van der Waals surface area contributed by atoms with E-state index in [1.54, 1.807) is 18.6 Å². The summed E-state index contributed by atoms with van der Waals surface area (Å²) in [5.74, 6) is 0. The molecule has 0 spiro atoms. The number of hydrogen-bond acceptors (Lipinski definition) is 3. The van der Waals surface area contributed by atoms with Crippen LogP contribution in [0.25, 0.3) is 0 Å². The van der Waals surface area contributed by atoms with Gasteiger partial charge in [0.25, 0.3) is 0 Å². The van der Waals surface area contributed by atoms with Crippen molar-refractivity contribution in [1.82, 2.24) is 15.3 Å². The van der Waals surface area contributed by atoms with Crippen molar-refractivity contribution in [2.45, 2.75) is 26.4 Å². The highest BCUT2D eigenvalue weighted by atomic mass is 14.9. The van der Waals surface area contributed by atoms with E-state index in [4.69, 9.17) is 0 Å². The summed E-state index contributed by atoms with van der Waals surface area (Å²) in [7, 11) is 0. The fourth-order valence-corrected chi connectivity index (χ4v) is 1.65. The minimum Gasteiger partial charge on any atom is -0.307 e. The summed E-state index contributed by atoms with van der Waals surface area (Å²) in [4.78, 5) is 8.24. The summed E-state index contributed by atoms with van der Waals surface area (Å²) < 4.78 is 0. The molecule has 0 fully saturated rings. The minimum absolute atomic E-state index is 0.753. The maximum absolute atomic E-state index is 4.21. The number of benzene rings is 1. The van der Waals surface area contributed by atoms with E-state index in [1.807, 2.05) is 0 Å². The molecule has 88 valence electrons. The summed E-state index contributed by atoms with van der Waals surface area (Å²) in [6.45, 7) is 3.78. The molecule has 2 aromatic rings. The van der Waals surface area contributed by atoms with Crippen molar-refractivity contribution in [2.75, 3.05) is 0 Å². The highest BCUT2D eigenvalue weighted by Gasteiger charge is 1.95. The summed E-state index contributed by atoms with van der Waals surface area (Å²) in [6.07, 6.45) is 6.28. The molecule has 1 heterocycles. The molecule has 0 radical (unpaired) electrons. The number of hydrogen-bond donors (Lipinski definition) is 1. The first-order valence-electron chi connectivity index (χ1n) is 5.92. The number of nitrogens with zero attached hydrogens (tertiary/aromatic N) is 2. The Labute approximate surface area is 102 Å². The Morgan fingerprint density at radius 2 is 1.76 bits per heavy atom. The van der Waals surface area contributed by atoms with E-state index in [0.29, 0.717) is 0 Å². The minimum atomic E-state index is 0.753. The first-order valence-corrected chi connectivity index (χ1v) is 5.92. The van der Waals surface area contributed by atoms with Crippen LogP contribution >= 0.6 is 0 Å². The van der Waals surface area contributed by atoms with Gasteiger partial charge in [-0.05, 0) is 17.5 Å². The Hall–Kier alpha value is -1.74. The third-order valence-corrected chi connectivity index (χ3v) is 2.68. The molecule has 1 N–H and O–H groups in total. The molecule has 0 aliphatic heterocycles. The van der Waals surface area contributed by atoms with Crippen LogP contribution in [0.3, 0.4) is 0 Å². The molecular formula is C14H17N3. The van der Waals surface area contributed by atoms with Crippen molar-refractivity contribution >= 4 is 0 Å². The number of nitrogens with one attached hydrogen (secondary N) is 1. The van der Waals surface area contributed by atoms with Crippen LogP contribution in [-0.4, -0.2) is 9.97 Å². The van der Waals surface area contributed by atoms with Gasteiger partial charge in [0.2, 0.25) is 0 Å². The first-order chi connectivity index (χ1) is 8.38. The van der Waals surface area contributed by atoms with Gasteiger partial charge in [-0.1, -0.05) is 31.2 Å². The Morgan fingerprint density at radius 1 is 1.00 bits per heavy atom. The fraction of sp³-hybridized carbons (Fsp3) is 0.286. The van der Waals surface area contributed by atoms with Gasteiger partial charge < -0.3 is 5.32 Å². The molecule has 0 aliphatic rings. The lowest BCUT2D eigenvalue weighted by Gasteiger charge is -2.05. The van der Waals surface area contributed by atoms with Gasteiger partial charge in [-0.25, -0.2) is 0 Å². The lowest BCUT2D eigenvalue weighted by atomic mass is 10.1. The van der Waals surface area contributed by atoms with Crippen LogP contribution in [0.4, 0.5) is 0 Å². The quantitative estimate of drug-likeness (QED) is 0.852. The third kappa shape index (κ3) is 3.64. The topological polar surface area (TPSA) is 37.8 Å². The van der Waals surface area contributed by atoms with Gasteiger partial charge in [-0.15, -0.1) is 0 Å². The zero-order valence-electron chi connectivity index (χ0n) is 10.1. The number of rotatable bonds is 5. The molecule has 0 unspecified atom stereocenters. The van der Waals surface area contributed by atoms with Crippen molar-refractivity contribution in [1.29, 1.82) is 0 Å². The van der Waals surface area contributed by atoms with Crippen LogP contribution in [0.15, 0.2) is 42.9 Å². The van der Waals surface area contributed by atoms with E-state index in [-0.39, 0.29) is 0 Å². The zero-order chi connectivity index (χ0) is 11.9. The average molecular weight is 227 g/mol. The van der Waals surface area contributed by atoms with Crippen LogP contribution in [0.1, 0.15) is 23.7 Å². The Kier molecular flexibility index (Phi) is 4.22. The largest absolute Gasteiger partial charge is 0.307 e. The molecule has 3 heteroatoms. The van der Waals surface area contributed by atoms with Gasteiger partial charge in [0.05, 0.1) is 5.69 Å². The van der Waals surface area contributed by atoms with Gasteiger partial charge >= 0.3 is 0 Å². The van der Waals surface area contributed by atoms with E-state index in [9.17, 15) is 0 Å². The van der Waals surface area contributed by atoms with Crippen molar-refractivity contribution in [3.63, 3.8) is 0 Å². The van der Waals surface area contributed by atoms with Crippen LogP contribution in [0.2, 0.25) is 0 Å². The molecule has 0 aliphatic carbocycles. The Morgan fingerprint density at radius 3 is 2.41 bits per heavy atom. The van der Waals surface area contributed by atoms with Crippen LogP contribution in [0.5, 0.6) is 0 Å². The second-order valence-corrected chi connectivity index (χ2v) is 3.97. The summed E-state index contributed by atoms with van der Waals surface area (Å²) >= 11 is 0. The van der Waals surface area contributed by atoms with Crippen LogP contribution < -0.4 is 5.32 Å². The lowest BCUT2D eigenvalue weighted by Crippen LogP contribution is -2.13. The van der Waals surface area contributed by atoms with Crippen molar-refractivity contribution in [3.05, 3.63) is 59.7 Å². The van der Waals surface area contributed by atoms with E-state index < -0.39 is 0 Å². The molecule has 1 aromatic carbocycles. The highest BCUT2D eigenvalue weighted by molar-refractivity contribution is 5.22. The number of aryl methyl sites for hydroxylation is 1. The molecule has 0 saturated heterocycles. The van der Waals surface area contributed by atoms with E-state index in [1.165, 1.54) is 11.1 Å². The Bertz CT molecular complexity index is 437. The molecule has 2 rings (SSSR count).